The fourth-order valence-electron chi connectivity index (χ4n) is 3.28. The minimum atomic E-state index is 0.369. The van der Waals surface area contributed by atoms with Crippen molar-refractivity contribution < 1.29 is 0 Å². The van der Waals surface area contributed by atoms with Crippen LogP contribution in [0.5, 0.6) is 0 Å². The lowest BCUT2D eigenvalue weighted by Crippen LogP contribution is -2.22. The second-order valence-electron chi connectivity index (χ2n) is 6.40. The average Bonchev–Trinajstić information content (AvgIpc) is 2.95. The molecule has 0 bridgehead atoms. The number of nitrogens with one attached hydrogen (secondary N) is 1. The molecule has 1 heteroatoms. The summed E-state index contributed by atoms with van der Waals surface area (Å²) >= 11 is 0. The van der Waals surface area contributed by atoms with Gasteiger partial charge in [-0.1, -0.05) is 48.0 Å². The summed E-state index contributed by atoms with van der Waals surface area (Å²) in [5, 5.41) is 3.72. The van der Waals surface area contributed by atoms with Gasteiger partial charge in [-0.25, -0.2) is 0 Å². The minimum Gasteiger partial charge on any atom is -0.304 e. The van der Waals surface area contributed by atoms with Gasteiger partial charge in [-0.3, -0.25) is 0 Å². The topological polar surface area (TPSA) is 12.0 Å². The summed E-state index contributed by atoms with van der Waals surface area (Å²) < 4.78 is 0. The standard InChI is InChI=1S/C20H25N/c1-14-7-9-17(10-8-14)15(2)21-16(3)19-12-11-18-5-4-6-20(18)13-19/h7-13,15-16,21H,4-6H2,1-3H3. The van der Waals surface area contributed by atoms with Crippen LogP contribution in [0.2, 0.25) is 0 Å². The van der Waals surface area contributed by atoms with Gasteiger partial charge in [0.25, 0.3) is 0 Å². The molecule has 2 atom stereocenters. The van der Waals surface area contributed by atoms with E-state index in [2.05, 4.69) is 68.6 Å². The van der Waals surface area contributed by atoms with Crippen LogP contribution in [0, 0.1) is 6.92 Å². The molecule has 2 aromatic carbocycles. The van der Waals surface area contributed by atoms with Crippen molar-refractivity contribution >= 4 is 0 Å². The van der Waals surface area contributed by atoms with Crippen LogP contribution in [-0.4, -0.2) is 0 Å². The van der Waals surface area contributed by atoms with E-state index in [1.54, 1.807) is 11.1 Å². The lowest BCUT2D eigenvalue weighted by molar-refractivity contribution is 0.494. The van der Waals surface area contributed by atoms with Crippen LogP contribution < -0.4 is 5.32 Å². The molecule has 1 aliphatic rings. The van der Waals surface area contributed by atoms with Crippen molar-refractivity contribution in [2.45, 2.75) is 52.1 Å². The Hall–Kier alpha value is -1.60. The zero-order chi connectivity index (χ0) is 14.8. The minimum absolute atomic E-state index is 0.369. The Labute approximate surface area is 128 Å². The van der Waals surface area contributed by atoms with Gasteiger partial charge in [-0.15, -0.1) is 0 Å². The first-order valence-electron chi connectivity index (χ1n) is 8.08. The summed E-state index contributed by atoms with van der Waals surface area (Å²) in [6, 6.07) is 16.6. The number of fused-ring (bicyclic) bond motifs is 1. The van der Waals surface area contributed by atoms with Crippen molar-refractivity contribution in [1.29, 1.82) is 0 Å². The van der Waals surface area contributed by atoms with E-state index in [9.17, 15) is 0 Å². The second kappa shape index (κ2) is 6.03. The molecule has 0 radical (unpaired) electrons. The summed E-state index contributed by atoms with van der Waals surface area (Å²) in [6.07, 6.45) is 3.83. The van der Waals surface area contributed by atoms with E-state index >= 15 is 0 Å². The van der Waals surface area contributed by atoms with Crippen LogP contribution in [0.25, 0.3) is 0 Å². The molecule has 0 heterocycles. The Bertz CT molecular complexity index is 612. The van der Waals surface area contributed by atoms with Crippen LogP contribution >= 0.6 is 0 Å². The maximum Gasteiger partial charge on any atom is 0.0297 e. The maximum atomic E-state index is 3.72. The summed E-state index contributed by atoms with van der Waals surface area (Å²) in [5.74, 6) is 0. The molecule has 1 aliphatic carbocycles. The van der Waals surface area contributed by atoms with E-state index in [0.717, 1.165) is 0 Å². The van der Waals surface area contributed by atoms with Gasteiger partial charge in [0, 0.05) is 12.1 Å². The van der Waals surface area contributed by atoms with E-state index < -0.39 is 0 Å². The largest absolute Gasteiger partial charge is 0.304 e. The van der Waals surface area contributed by atoms with Gasteiger partial charge < -0.3 is 5.32 Å². The van der Waals surface area contributed by atoms with Crippen LogP contribution in [0.3, 0.4) is 0 Å². The Kier molecular flexibility index (Phi) is 4.12. The molecule has 0 spiro atoms. The fourth-order valence-corrected chi connectivity index (χ4v) is 3.28. The molecule has 3 rings (SSSR count). The predicted molar refractivity (Wildman–Crippen MR) is 89.6 cm³/mol. The maximum absolute atomic E-state index is 3.72. The van der Waals surface area contributed by atoms with E-state index in [1.807, 2.05) is 0 Å². The lowest BCUT2D eigenvalue weighted by Gasteiger charge is -2.21. The average molecular weight is 279 g/mol. The van der Waals surface area contributed by atoms with Gasteiger partial charge in [0.1, 0.15) is 0 Å². The van der Waals surface area contributed by atoms with Crippen molar-refractivity contribution in [2.24, 2.45) is 0 Å². The Balaban J connectivity index is 1.70. The predicted octanol–water partition coefficient (Wildman–Crippen LogP) is 4.90. The third kappa shape index (κ3) is 3.19. The van der Waals surface area contributed by atoms with Crippen molar-refractivity contribution in [3.05, 3.63) is 70.3 Å². The quantitative estimate of drug-likeness (QED) is 0.839. The van der Waals surface area contributed by atoms with Crippen LogP contribution in [0.4, 0.5) is 0 Å². The number of rotatable bonds is 4. The van der Waals surface area contributed by atoms with Crippen molar-refractivity contribution in [1.82, 2.24) is 5.32 Å². The van der Waals surface area contributed by atoms with Gasteiger partial charge in [0.2, 0.25) is 0 Å². The first-order valence-corrected chi connectivity index (χ1v) is 8.08. The summed E-state index contributed by atoms with van der Waals surface area (Å²) in [7, 11) is 0. The number of benzene rings is 2. The highest BCUT2D eigenvalue weighted by molar-refractivity contribution is 5.36. The van der Waals surface area contributed by atoms with Crippen molar-refractivity contribution in [2.75, 3.05) is 0 Å². The monoisotopic (exact) mass is 279 g/mol. The first-order chi connectivity index (χ1) is 10.1. The van der Waals surface area contributed by atoms with Crippen LogP contribution in [-0.2, 0) is 12.8 Å². The van der Waals surface area contributed by atoms with Gasteiger partial charge >= 0.3 is 0 Å². The summed E-state index contributed by atoms with van der Waals surface area (Å²) in [6.45, 7) is 6.64. The lowest BCUT2D eigenvalue weighted by atomic mass is 10.00. The van der Waals surface area contributed by atoms with Gasteiger partial charge in [-0.05, 0) is 62.3 Å². The fraction of sp³-hybridized carbons (Fsp3) is 0.400. The van der Waals surface area contributed by atoms with Crippen molar-refractivity contribution in [3.63, 3.8) is 0 Å². The molecule has 0 aliphatic heterocycles. The molecule has 1 nitrogen and oxygen atoms in total. The van der Waals surface area contributed by atoms with Gasteiger partial charge in [0.05, 0.1) is 0 Å². The highest BCUT2D eigenvalue weighted by Crippen LogP contribution is 2.26. The molecule has 0 saturated heterocycles. The zero-order valence-electron chi connectivity index (χ0n) is 13.3. The molecule has 1 N–H and O–H groups in total. The molecule has 0 amide bonds. The molecule has 2 aromatic rings. The van der Waals surface area contributed by atoms with Gasteiger partial charge in [0.15, 0.2) is 0 Å². The summed E-state index contributed by atoms with van der Waals surface area (Å²) in [5.41, 5.74) is 7.20. The molecule has 110 valence electrons. The van der Waals surface area contributed by atoms with E-state index in [4.69, 9.17) is 0 Å². The van der Waals surface area contributed by atoms with E-state index in [-0.39, 0.29) is 0 Å². The highest BCUT2D eigenvalue weighted by atomic mass is 14.9. The Morgan fingerprint density at radius 3 is 2.19 bits per heavy atom. The molecule has 0 aromatic heterocycles. The number of hydrogen-bond acceptors (Lipinski definition) is 1. The van der Waals surface area contributed by atoms with Crippen LogP contribution in [0.1, 0.15) is 60.2 Å². The van der Waals surface area contributed by atoms with E-state index in [1.165, 1.54) is 36.0 Å². The van der Waals surface area contributed by atoms with Gasteiger partial charge in [-0.2, -0.15) is 0 Å². The number of hydrogen-bond donors (Lipinski definition) is 1. The highest BCUT2D eigenvalue weighted by Gasteiger charge is 2.15. The normalized spacial score (nSPS) is 16.5. The van der Waals surface area contributed by atoms with Crippen LogP contribution in [0.15, 0.2) is 42.5 Å². The van der Waals surface area contributed by atoms with E-state index in [0.29, 0.717) is 12.1 Å². The first kappa shape index (κ1) is 14.3. The molecule has 21 heavy (non-hydrogen) atoms. The Morgan fingerprint density at radius 2 is 1.43 bits per heavy atom. The SMILES string of the molecule is Cc1ccc(C(C)NC(C)c2ccc3c(c2)CCC3)cc1. The molecular weight excluding hydrogens is 254 g/mol. The smallest absolute Gasteiger partial charge is 0.0297 e. The van der Waals surface area contributed by atoms with Crippen molar-refractivity contribution in [3.8, 4) is 0 Å². The number of aryl methyl sites for hydroxylation is 3. The zero-order valence-corrected chi connectivity index (χ0v) is 13.3. The molecule has 2 unspecified atom stereocenters. The Morgan fingerprint density at radius 1 is 0.810 bits per heavy atom. The summed E-state index contributed by atoms with van der Waals surface area (Å²) in [4.78, 5) is 0. The molecular formula is C20H25N. The molecule has 0 saturated carbocycles. The molecule has 0 fully saturated rings. The third-order valence-corrected chi connectivity index (χ3v) is 4.70. The second-order valence-corrected chi connectivity index (χ2v) is 6.40. The third-order valence-electron chi connectivity index (χ3n) is 4.70.